The van der Waals surface area contributed by atoms with E-state index in [1.54, 1.807) is 0 Å². The smallest absolute Gasteiger partial charge is 0.123 e. The van der Waals surface area contributed by atoms with Crippen LogP contribution in [0.2, 0.25) is 0 Å². The fourth-order valence-corrected chi connectivity index (χ4v) is 2.68. The monoisotopic (exact) mass is 331 g/mol. The third kappa shape index (κ3) is 6.07. The highest BCUT2D eigenvalue weighted by atomic mass is 16.5. The standard InChI is InChI=1S/C21H33NO2/c1-20(2,3)17-14-16(15-18(19(17)23)21(4,5)6)24-13-11-9-7-8-10-12-22/h14-15,23H,7-11,13H2,1-6H3. The van der Waals surface area contributed by atoms with Crippen LogP contribution in [-0.4, -0.2) is 11.7 Å². The maximum Gasteiger partial charge on any atom is 0.123 e. The predicted octanol–water partition coefficient (Wildman–Crippen LogP) is 5.84. The summed E-state index contributed by atoms with van der Waals surface area (Å²) in [6, 6.07) is 6.12. The minimum atomic E-state index is -0.138. The molecule has 0 radical (unpaired) electrons. The molecule has 1 aromatic rings. The fraction of sp³-hybridized carbons (Fsp3) is 0.667. The molecule has 0 aliphatic carbocycles. The summed E-state index contributed by atoms with van der Waals surface area (Å²) < 4.78 is 5.96. The lowest BCUT2D eigenvalue weighted by atomic mass is 9.79. The second-order valence-corrected chi connectivity index (χ2v) is 8.54. The first-order valence-electron chi connectivity index (χ1n) is 8.95. The minimum absolute atomic E-state index is 0.138. The van der Waals surface area contributed by atoms with Crippen LogP contribution in [0.3, 0.4) is 0 Å². The van der Waals surface area contributed by atoms with E-state index in [1.165, 1.54) is 0 Å². The number of phenols is 1. The molecule has 0 saturated heterocycles. The van der Waals surface area contributed by atoms with E-state index >= 15 is 0 Å². The van der Waals surface area contributed by atoms with Gasteiger partial charge in [0.05, 0.1) is 12.7 Å². The van der Waals surface area contributed by atoms with Crippen molar-refractivity contribution in [1.82, 2.24) is 0 Å². The molecule has 0 saturated carbocycles. The summed E-state index contributed by atoms with van der Waals surface area (Å²) in [7, 11) is 0. The highest BCUT2D eigenvalue weighted by Crippen LogP contribution is 2.41. The molecule has 0 spiro atoms. The number of unbranched alkanes of at least 4 members (excludes halogenated alkanes) is 4. The SMILES string of the molecule is CC(C)(C)c1cc(OCCCCCCC#N)cc(C(C)(C)C)c1O. The molecule has 0 fully saturated rings. The number of phenolic OH excluding ortho intramolecular Hbond substituents is 1. The third-order valence-electron chi connectivity index (χ3n) is 4.15. The molecular formula is C21H33NO2. The largest absolute Gasteiger partial charge is 0.507 e. The number of hydrogen-bond acceptors (Lipinski definition) is 3. The van der Waals surface area contributed by atoms with Gasteiger partial charge in [0, 0.05) is 17.5 Å². The number of nitrogens with zero attached hydrogens (tertiary/aromatic N) is 1. The first-order chi connectivity index (χ1) is 11.1. The Morgan fingerprint density at radius 1 is 0.917 bits per heavy atom. The molecule has 1 N–H and O–H groups in total. The second kappa shape index (κ2) is 8.42. The third-order valence-corrected chi connectivity index (χ3v) is 4.15. The Bertz CT molecular complexity index is 536. The molecule has 0 bridgehead atoms. The summed E-state index contributed by atoms with van der Waals surface area (Å²) in [4.78, 5) is 0. The van der Waals surface area contributed by atoms with Crippen LogP contribution in [0, 0.1) is 11.3 Å². The van der Waals surface area contributed by atoms with Gasteiger partial charge in [-0.3, -0.25) is 0 Å². The molecule has 3 nitrogen and oxygen atoms in total. The molecule has 24 heavy (non-hydrogen) atoms. The van der Waals surface area contributed by atoms with Gasteiger partial charge in [0.15, 0.2) is 0 Å². The van der Waals surface area contributed by atoms with Gasteiger partial charge in [-0.15, -0.1) is 0 Å². The van der Waals surface area contributed by atoms with E-state index in [-0.39, 0.29) is 10.8 Å². The van der Waals surface area contributed by atoms with Crippen LogP contribution in [0.15, 0.2) is 12.1 Å². The Balaban J connectivity index is 2.83. The van der Waals surface area contributed by atoms with E-state index < -0.39 is 0 Å². The molecular weight excluding hydrogens is 298 g/mol. The van der Waals surface area contributed by atoms with Gasteiger partial charge in [0.1, 0.15) is 11.5 Å². The van der Waals surface area contributed by atoms with E-state index in [0.29, 0.717) is 18.8 Å². The molecule has 1 rings (SSSR count). The fourth-order valence-electron chi connectivity index (χ4n) is 2.68. The molecule has 0 atom stereocenters. The van der Waals surface area contributed by atoms with Gasteiger partial charge < -0.3 is 9.84 Å². The molecule has 0 heterocycles. The second-order valence-electron chi connectivity index (χ2n) is 8.54. The Labute approximate surface area is 147 Å². The number of ether oxygens (including phenoxy) is 1. The number of aromatic hydroxyl groups is 1. The average molecular weight is 332 g/mol. The van der Waals surface area contributed by atoms with Crippen LogP contribution < -0.4 is 4.74 Å². The zero-order valence-electron chi connectivity index (χ0n) is 16.2. The van der Waals surface area contributed by atoms with Crippen molar-refractivity contribution in [3.8, 4) is 17.6 Å². The Morgan fingerprint density at radius 3 is 1.88 bits per heavy atom. The zero-order valence-corrected chi connectivity index (χ0v) is 16.2. The summed E-state index contributed by atoms with van der Waals surface area (Å²) in [6.45, 7) is 13.3. The summed E-state index contributed by atoms with van der Waals surface area (Å²) in [5, 5.41) is 19.2. The lowest BCUT2D eigenvalue weighted by Gasteiger charge is -2.28. The highest BCUT2D eigenvalue weighted by Gasteiger charge is 2.26. The van der Waals surface area contributed by atoms with Gasteiger partial charge in [-0.1, -0.05) is 54.4 Å². The molecule has 0 aliphatic heterocycles. The van der Waals surface area contributed by atoms with Gasteiger partial charge in [-0.05, 0) is 35.8 Å². The van der Waals surface area contributed by atoms with Crippen molar-refractivity contribution in [3.63, 3.8) is 0 Å². The summed E-state index contributed by atoms with van der Waals surface area (Å²) >= 11 is 0. The van der Waals surface area contributed by atoms with E-state index in [0.717, 1.165) is 42.6 Å². The van der Waals surface area contributed by atoms with Crippen molar-refractivity contribution in [3.05, 3.63) is 23.3 Å². The number of benzene rings is 1. The lowest BCUT2D eigenvalue weighted by Crippen LogP contribution is -2.17. The Morgan fingerprint density at radius 2 is 1.42 bits per heavy atom. The van der Waals surface area contributed by atoms with Crippen LogP contribution in [0.5, 0.6) is 11.5 Å². The first kappa shape index (κ1) is 20.4. The van der Waals surface area contributed by atoms with Gasteiger partial charge in [0.2, 0.25) is 0 Å². The van der Waals surface area contributed by atoms with E-state index in [1.807, 2.05) is 12.1 Å². The van der Waals surface area contributed by atoms with Crippen molar-refractivity contribution < 1.29 is 9.84 Å². The molecule has 0 unspecified atom stereocenters. The summed E-state index contributed by atoms with van der Waals surface area (Å²) in [6.07, 6.45) is 4.76. The maximum atomic E-state index is 10.7. The topological polar surface area (TPSA) is 53.2 Å². The van der Waals surface area contributed by atoms with Crippen molar-refractivity contribution in [2.24, 2.45) is 0 Å². The lowest BCUT2D eigenvalue weighted by molar-refractivity contribution is 0.301. The molecule has 0 aliphatic rings. The highest BCUT2D eigenvalue weighted by molar-refractivity contribution is 5.51. The van der Waals surface area contributed by atoms with Crippen LogP contribution in [0.4, 0.5) is 0 Å². The minimum Gasteiger partial charge on any atom is -0.507 e. The first-order valence-corrected chi connectivity index (χ1v) is 8.95. The summed E-state index contributed by atoms with van der Waals surface area (Å²) in [5.41, 5.74) is 1.58. The quantitative estimate of drug-likeness (QED) is 0.638. The molecule has 0 aromatic heterocycles. The molecule has 3 heteroatoms. The molecule has 1 aromatic carbocycles. The van der Waals surface area contributed by atoms with Gasteiger partial charge >= 0.3 is 0 Å². The van der Waals surface area contributed by atoms with Gasteiger partial charge in [0.25, 0.3) is 0 Å². The molecule has 0 amide bonds. The van der Waals surface area contributed by atoms with E-state index in [2.05, 4.69) is 47.6 Å². The number of hydrogen-bond donors (Lipinski definition) is 1. The Kier molecular flexibility index (Phi) is 7.14. The predicted molar refractivity (Wildman–Crippen MR) is 99.7 cm³/mol. The van der Waals surface area contributed by atoms with Crippen molar-refractivity contribution in [2.45, 2.75) is 84.5 Å². The number of nitriles is 1. The Hall–Kier alpha value is -1.69. The van der Waals surface area contributed by atoms with E-state index in [4.69, 9.17) is 10.00 Å². The van der Waals surface area contributed by atoms with Crippen LogP contribution in [-0.2, 0) is 10.8 Å². The van der Waals surface area contributed by atoms with Gasteiger partial charge in [-0.25, -0.2) is 0 Å². The average Bonchev–Trinajstić information content (AvgIpc) is 2.45. The summed E-state index contributed by atoms with van der Waals surface area (Å²) in [5.74, 6) is 1.22. The van der Waals surface area contributed by atoms with Crippen LogP contribution in [0.25, 0.3) is 0 Å². The number of rotatable bonds is 7. The normalized spacial score (nSPS) is 12.0. The van der Waals surface area contributed by atoms with Crippen molar-refractivity contribution >= 4 is 0 Å². The maximum absolute atomic E-state index is 10.7. The van der Waals surface area contributed by atoms with Crippen molar-refractivity contribution in [1.29, 1.82) is 5.26 Å². The van der Waals surface area contributed by atoms with E-state index in [9.17, 15) is 5.11 Å². The van der Waals surface area contributed by atoms with Crippen molar-refractivity contribution in [2.75, 3.05) is 6.61 Å². The van der Waals surface area contributed by atoms with Crippen LogP contribution in [0.1, 0.15) is 84.8 Å². The zero-order chi connectivity index (χ0) is 18.4. The van der Waals surface area contributed by atoms with Crippen LogP contribution >= 0.6 is 0 Å². The van der Waals surface area contributed by atoms with Gasteiger partial charge in [-0.2, -0.15) is 5.26 Å². The molecule has 134 valence electrons.